The molecule has 1 unspecified atom stereocenters. The minimum absolute atomic E-state index is 0.0388. The first-order valence-corrected chi connectivity index (χ1v) is 9.69. The van der Waals surface area contributed by atoms with E-state index in [1.54, 1.807) is 23.5 Å². The highest BCUT2D eigenvalue weighted by Crippen LogP contribution is 2.47. The molecule has 0 radical (unpaired) electrons. The molecule has 6 heteroatoms. The van der Waals surface area contributed by atoms with Crippen molar-refractivity contribution in [2.45, 2.75) is 31.7 Å². The lowest BCUT2D eigenvalue weighted by Gasteiger charge is -2.36. The van der Waals surface area contributed by atoms with Gasteiger partial charge in [-0.1, -0.05) is 12.1 Å². The van der Waals surface area contributed by atoms with E-state index < -0.39 is 12.0 Å². The van der Waals surface area contributed by atoms with Crippen LogP contribution in [0.15, 0.2) is 74.9 Å². The van der Waals surface area contributed by atoms with E-state index in [2.05, 4.69) is 0 Å². The lowest BCUT2D eigenvalue weighted by atomic mass is 9.74. The molecule has 6 nitrogen and oxygen atoms in total. The molecule has 146 valence electrons. The van der Waals surface area contributed by atoms with Gasteiger partial charge in [0.1, 0.15) is 23.3 Å². The number of fused-ring (bicyclic) bond motifs is 2. The first-order valence-electron chi connectivity index (χ1n) is 9.69. The summed E-state index contributed by atoms with van der Waals surface area (Å²) in [7, 11) is 0. The van der Waals surface area contributed by atoms with Gasteiger partial charge < -0.3 is 8.83 Å². The number of anilines is 1. The van der Waals surface area contributed by atoms with Crippen molar-refractivity contribution in [2.75, 3.05) is 4.90 Å². The summed E-state index contributed by atoms with van der Waals surface area (Å²) in [6.45, 7) is 1.51. The highest BCUT2D eigenvalue weighted by molar-refractivity contribution is 6.12. The van der Waals surface area contributed by atoms with Gasteiger partial charge in [0.15, 0.2) is 0 Å². The Morgan fingerprint density at radius 3 is 2.41 bits per heavy atom. The number of nitrogens with zero attached hydrogens (tertiary/aromatic N) is 2. The maximum atomic E-state index is 13.4. The quantitative estimate of drug-likeness (QED) is 0.631. The Morgan fingerprint density at radius 1 is 1.00 bits per heavy atom. The third kappa shape index (κ3) is 2.92. The Hall–Kier alpha value is -3.41. The van der Waals surface area contributed by atoms with Crippen LogP contribution in [-0.4, -0.2) is 17.4 Å². The van der Waals surface area contributed by atoms with Crippen LogP contribution in [0.4, 0.5) is 11.4 Å². The van der Waals surface area contributed by atoms with Crippen LogP contribution >= 0.6 is 0 Å². The van der Waals surface area contributed by atoms with Crippen molar-refractivity contribution in [2.24, 2.45) is 10.9 Å². The zero-order valence-corrected chi connectivity index (χ0v) is 15.9. The molecular weight excluding hydrogens is 368 g/mol. The van der Waals surface area contributed by atoms with Crippen LogP contribution in [0.25, 0.3) is 0 Å². The van der Waals surface area contributed by atoms with E-state index in [-0.39, 0.29) is 17.6 Å². The summed E-state index contributed by atoms with van der Waals surface area (Å²) in [5, 5.41) is 0. The van der Waals surface area contributed by atoms with Gasteiger partial charge in [-0.3, -0.25) is 19.5 Å². The molecule has 2 aromatic heterocycles. The SMILES string of the molecule is CC(=O)N1c2ccccc2N=C2C[C@H](c3ccco3)CC(=O)C2[C@@H]1c1ccco1. The smallest absolute Gasteiger partial charge is 0.224 e. The molecule has 1 aromatic carbocycles. The number of Topliss-reactive ketones (excluding diaryl/α,β-unsaturated/α-hetero) is 1. The maximum Gasteiger partial charge on any atom is 0.224 e. The van der Waals surface area contributed by atoms with Crippen molar-refractivity contribution in [3.63, 3.8) is 0 Å². The molecule has 3 aromatic rings. The van der Waals surface area contributed by atoms with Gasteiger partial charge in [-0.25, -0.2) is 0 Å². The number of benzene rings is 1. The molecule has 0 saturated heterocycles. The van der Waals surface area contributed by atoms with Crippen molar-refractivity contribution in [3.05, 3.63) is 72.6 Å². The van der Waals surface area contributed by atoms with E-state index in [0.29, 0.717) is 30.0 Å². The van der Waals surface area contributed by atoms with Crippen molar-refractivity contribution < 1.29 is 18.4 Å². The summed E-state index contributed by atoms with van der Waals surface area (Å²) < 4.78 is 11.3. The average molecular weight is 388 g/mol. The van der Waals surface area contributed by atoms with E-state index in [1.165, 1.54) is 6.92 Å². The van der Waals surface area contributed by atoms with Crippen LogP contribution in [0.2, 0.25) is 0 Å². The number of carbonyl (C=O) groups excluding carboxylic acids is 2. The molecule has 0 bridgehead atoms. The number of amides is 1. The van der Waals surface area contributed by atoms with Gasteiger partial charge in [-0.2, -0.15) is 0 Å². The first-order chi connectivity index (χ1) is 14.1. The Bertz CT molecular complexity index is 1080. The molecule has 29 heavy (non-hydrogen) atoms. The molecule has 0 N–H and O–H groups in total. The zero-order valence-electron chi connectivity index (χ0n) is 15.9. The number of para-hydroxylation sites is 2. The van der Waals surface area contributed by atoms with Gasteiger partial charge >= 0.3 is 0 Å². The van der Waals surface area contributed by atoms with Crippen LogP contribution in [0.5, 0.6) is 0 Å². The molecule has 5 rings (SSSR count). The summed E-state index contributed by atoms with van der Waals surface area (Å²) in [4.78, 5) is 32.7. The fourth-order valence-electron chi connectivity index (χ4n) is 4.54. The second-order valence-electron chi connectivity index (χ2n) is 7.51. The first kappa shape index (κ1) is 17.7. The monoisotopic (exact) mass is 388 g/mol. The van der Waals surface area contributed by atoms with Crippen molar-refractivity contribution in [1.82, 2.24) is 0 Å². The second kappa shape index (κ2) is 6.88. The summed E-state index contributed by atoms with van der Waals surface area (Å²) in [5.41, 5.74) is 2.13. The Morgan fingerprint density at radius 2 is 1.72 bits per heavy atom. The van der Waals surface area contributed by atoms with E-state index >= 15 is 0 Å². The zero-order chi connectivity index (χ0) is 20.0. The van der Waals surface area contributed by atoms with Gasteiger partial charge in [0.2, 0.25) is 5.91 Å². The second-order valence-corrected chi connectivity index (χ2v) is 7.51. The van der Waals surface area contributed by atoms with Gasteiger partial charge in [0.25, 0.3) is 0 Å². The largest absolute Gasteiger partial charge is 0.469 e. The maximum absolute atomic E-state index is 13.4. The fourth-order valence-corrected chi connectivity index (χ4v) is 4.54. The molecule has 3 atom stereocenters. The molecule has 3 heterocycles. The van der Waals surface area contributed by atoms with E-state index in [4.69, 9.17) is 13.8 Å². The Labute approximate surface area is 167 Å². The van der Waals surface area contributed by atoms with Gasteiger partial charge in [-0.05, 0) is 42.8 Å². The van der Waals surface area contributed by atoms with Crippen molar-refractivity contribution in [1.29, 1.82) is 0 Å². The van der Waals surface area contributed by atoms with Crippen LogP contribution in [0.1, 0.15) is 43.2 Å². The highest BCUT2D eigenvalue weighted by Gasteiger charge is 2.47. The number of aliphatic imine (C=N–C) groups is 1. The minimum Gasteiger partial charge on any atom is -0.469 e. The summed E-state index contributed by atoms with van der Waals surface area (Å²) in [6, 6.07) is 14.3. The third-order valence-electron chi connectivity index (χ3n) is 5.73. The van der Waals surface area contributed by atoms with Crippen molar-refractivity contribution >= 4 is 28.8 Å². The van der Waals surface area contributed by atoms with Gasteiger partial charge in [0, 0.05) is 25.0 Å². The van der Waals surface area contributed by atoms with E-state index in [9.17, 15) is 9.59 Å². The molecule has 1 aliphatic carbocycles. The predicted molar refractivity (Wildman–Crippen MR) is 107 cm³/mol. The van der Waals surface area contributed by atoms with E-state index in [0.717, 1.165) is 11.5 Å². The van der Waals surface area contributed by atoms with E-state index in [1.807, 2.05) is 42.5 Å². The molecule has 1 fully saturated rings. The molecule has 0 spiro atoms. The van der Waals surface area contributed by atoms with Gasteiger partial charge in [-0.15, -0.1) is 0 Å². The average Bonchev–Trinajstić information content (AvgIpc) is 3.39. The number of carbonyl (C=O) groups is 2. The standard InChI is InChI=1S/C23H20N2O4/c1-14(26)25-18-7-3-2-6-16(18)24-17-12-15(20-8-4-10-28-20)13-19(27)22(17)23(25)21-9-5-11-29-21/h2-11,15,22-23H,12-13H2,1H3/t15-,22?,23-/m0/s1. The number of furan rings is 2. The molecule has 2 aliphatic rings. The normalized spacial score (nSPS) is 23.8. The lowest BCUT2D eigenvalue weighted by Crippen LogP contribution is -2.44. The topological polar surface area (TPSA) is 76.0 Å². The lowest BCUT2D eigenvalue weighted by molar-refractivity contribution is -0.123. The van der Waals surface area contributed by atoms with Crippen LogP contribution in [0, 0.1) is 5.92 Å². The molecule has 1 aliphatic heterocycles. The van der Waals surface area contributed by atoms with Crippen LogP contribution in [-0.2, 0) is 9.59 Å². The van der Waals surface area contributed by atoms with Crippen LogP contribution < -0.4 is 4.90 Å². The minimum atomic E-state index is -0.560. The number of hydrogen-bond donors (Lipinski definition) is 0. The fraction of sp³-hybridized carbons (Fsp3) is 0.261. The number of rotatable bonds is 2. The summed E-state index contributed by atoms with van der Waals surface area (Å²) >= 11 is 0. The highest BCUT2D eigenvalue weighted by atomic mass is 16.3. The Kier molecular flexibility index (Phi) is 4.19. The third-order valence-corrected chi connectivity index (χ3v) is 5.73. The molecule has 1 saturated carbocycles. The predicted octanol–water partition coefficient (Wildman–Crippen LogP) is 4.82. The Balaban J connectivity index is 1.69. The summed E-state index contributed by atoms with van der Waals surface area (Å²) in [5.74, 6) is 0.645. The van der Waals surface area contributed by atoms with Crippen molar-refractivity contribution in [3.8, 4) is 0 Å². The number of ketones is 1. The number of hydrogen-bond acceptors (Lipinski definition) is 5. The summed E-state index contributed by atoms with van der Waals surface area (Å²) in [6.07, 6.45) is 4.14. The molecule has 1 amide bonds. The van der Waals surface area contributed by atoms with Gasteiger partial charge in [0.05, 0.1) is 29.8 Å². The van der Waals surface area contributed by atoms with Crippen LogP contribution in [0.3, 0.4) is 0 Å². The molecular formula is C23H20N2O4.